The van der Waals surface area contributed by atoms with Crippen LogP contribution < -0.4 is 45.7 Å². The van der Waals surface area contributed by atoms with Crippen LogP contribution in [0.15, 0.2) is 170 Å². The number of pyridine rings is 1. The summed E-state index contributed by atoms with van der Waals surface area (Å²) in [6, 6.07) is 61.7. The van der Waals surface area contributed by atoms with E-state index in [1.54, 1.807) is 0 Å². The van der Waals surface area contributed by atoms with Crippen LogP contribution in [0, 0.1) is 12.4 Å². The molecule has 0 saturated carbocycles. The van der Waals surface area contributed by atoms with Crippen LogP contribution in [0.4, 0.5) is 0 Å². The Balaban J connectivity index is 0.00000374. The first-order valence-electron chi connectivity index (χ1n) is 16.7. The van der Waals surface area contributed by atoms with Crippen molar-refractivity contribution in [1.29, 1.82) is 0 Å². The molecule has 8 heteroatoms. The number of aryl methyl sites for hydroxylation is 1. The predicted molar refractivity (Wildman–Crippen MR) is 203 cm³/mol. The average molecular weight is 874 g/mol. The number of hydrogen-bond acceptors (Lipinski definition) is 3. The molecule has 0 bridgehead atoms. The molecule has 248 valence electrons. The number of fused-ring (bicyclic) bond motifs is 2. The molecule has 0 atom stereocenters. The van der Waals surface area contributed by atoms with Crippen molar-refractivity contribution in [3.8, 4) is 17.3 Å². The Hall–Kier alpha value is -5.18. The van der Waals surface area contributed by atoms with E-state index >= 15 is 0 Å². The number of hydrogen-bond donors (Lipinski definition) is 1. The van der Waals surface area contributed by atoms with E-state index in [0.29, 0.717) is 16.9 Å². The third-order valence-corrected chi connectivity index (χ3v) is 18.1. The minimum Gasteiger partial charge on any atom is -0.466 e. The van der Waals surface area contributed by atoms with E-state index in [2.05, 4.69) is 106 Å². The van der Waals surface area contributed by atoms with Crippen molar-refractivity contribution in [2.45, 2.75) is 0 Å². The topological polar surface area (TPSA) is 51.2 Å². The fourth-order valence-corrected chi connectivity index (χ4v) is 15.6. The zero-order valence-electron chi connectivity index (χ0n) is 27.7. The Morgan fingerprint density at radius 2 is 1.22 bits per heavy atom. The van der Waals surface area contributed by atoms with Gasteiger partial charge in [-0.2, -0.15) is 6.07 Å². The van der Waals surface area contributed by atoms with Gasteiger partial charge in [-0.25, -0.2) is 4.98 Å². The van der Waals surface area contributed by atoms with Crippen LogP contribution in [-0.2, 0) is 28.1 Å². The number of ether oxygens (including phenoxy) is 1. The van der Waals surface area contributed by atoms with E-state index in [4.69, 9.17) is 9.72 Å². The van der Waals surface area contributed by atoms with Gasteiger partial charge >= 0.3 is 29.4 Å². The Kier molecular flexibility index (Phi) is 8.52. The maximum atomic E-state index is 12.5. The molecule has 51 heavy (non-hydrogen) atoms. The molecule has 0 saturated heterocycles. The van der Waals surface area contributed by atoms with Crippen molar-refractivity contribution in [2.75, 3.05) is 0 Å². The predicted octanol–water partition coefficient (Wildman–Crippen LogP) is 2.89. The van der Waals surface area contributed by atoms with Gasteiger partial charge in [-0.3, -0.25) is 0 Å². The fraction of sp³-hybridized carbons (Fsp3) is 0.0233. The van der Waals surface area contributed by atoms with Crippen LogP contribution >= 0.6 is 0 Å². The van der Waals surface area contributed by atoms with Gasteiger partial charge in [-0.05, 0) is 16.4 Å². The molecule has 0 spiro atoms. The normalized spacial score (nSPS) is 12.9. The second-order valence-electron chi connectivity index (χ2n) is 12.6. The van der Waals surface area contributed by atoms with Gasteiger partial charge in [0.25, 0.3) is 0 Å². The minimum absolute atomic E-state index is 0. The van der Waals surface area contributed by atoms with E-state index in [1.807, 2.05) is 92.0 Å². The average Bonchev–Trinajstić information content (AvgIpc) is 3.53. The first-order valence-corrected chi connectivity index (χ1v) is 20.6. The molecule has 0 amide bonds. The molecule has 9 rings (SSSR count). The molecule has 0 aliphatic carbocycles. The summed E-state index contributed by atoms with van der Waals surface area (Å²) in [6.45, 7) is 0. The van der Waals surface area contributed by atoms with Crippen molar-refractivity contribution in [3.05, 3.63) is 182 Å². The third-order valence-electron chi connectivity index (χ3n) is 9.88. The summed E-state index contributed by atoms with van der Waals surface area (Å²) in [4.78, 5) is 17.5. The van der Waals surface area contributed by atoms with E-state index in [1.165, 1.54) is 20.7 Å². The summed E-state index contributed by atoms with van der Waals surface area (Å²) in [7, 11) is -4.18. The van der Waals surface area contributed by atoms with Gasteiger partial charge in [-0.1, -0.05) is 167 Å². The summed E-state index contributed by atoms with van der Waals surface area (Å²) in [5.41, 5.74) is 3.16. The second-order valence-corrected chi connectivity index (χ2v) is 19.5. The molecule has 2 aromatic heterocycles. The number of benzene rings is 6. The smallest absolute Gasteiger partial charge is 0.466 e. The molecule has 1 aliphatic heterocycles. The SMILES string of the molecule is C[n+]1[c-]n2c3c(cccc31)[Si](c1ccccc1)(c1ccccc1)c1ccc(Oc3cccc([Si](O)(c4ccccc4)c4ccccc4)n3)[c-]c1-2.[Pt+2]. The Morgan fingerprint density at radius 3 is 1.82 bits per heavy atom. The Bertz CT molecular complexity index is 2420. The van der Waals surface area contributed by atoms with Crippen LogP contribution in [0.25, 0.3) is 16.7 Å². The van der Waals surface area contributed by atoms with Gasteiger partial charge in [0.1, 0.15) is 8.07 Å². The Morgan fingerprint density at radius 1 is 0.647 bits per heavy atom. The molecule has 1 aliphatic rings. The van der Waals surface area contributed by atoms with Gasteiger partial charge in [-0.15, -0.1) is 17.3 Å². The maximum Gasteiger partial charge on any atom is 2.00 e. The standard InChI is InChI=1S/C43H32N3O2Si2.Pt/c1-45-31-46-38-30-32(48-41-26-15-27-42(44-41)50(47,35-20-10-4-11-21-35)36-22-12-5-13-23-36)28-29-39(38)49(33-16-6-2-7-17-33,34-18-8-3-9-19-34)40-25-14-24-37(45)43(40)46;/h2-29,47H,1H3;/q-1;+2. The number of para-hydroxylation sites is 1. The zero-order valence-corrected chi connectivity index (χ0v) is 32.0. The summed E-state index contributed by atoms with van der Waals surface area (Å²) in [5.74, 6) is 0.939. The molecular weight excluding hydrogens is 842 g/mol. The molecule has 1 N–H and O–H groups in total. The first kappa shape index (κ1) is 33.0. The van der Waals surface area contributed by atoms with Gasteiger partial charge < -0.3 is 18.7 Å². The van der Waals surface area contributed by atoms with Crippen LogP contribution in [0.3, 0.4) is 0 Å². The quantitative estimate of drug-likeness (QED) is 0.153. The van der Waals surface area contributed by atoms with Gasteiger partial charge in [0.15, 0.2) is 0 Å². The van der Waals surface area contributed by atoms with E-state index < -0.39 is 16.4 Å². The Labute approximate surface area is 313 Å². The van der Waals surface area contributed by atoms with E-state index in [-0.39, 0.29) is 21.1 Å². The summed E-state index contributed by atoms with van der Waals surface area (Å²) in [6.07, 6.45) is 3.57. The summed E-state index contributed by atoms with van der Waals surface area (Å²) in [5, 5.41) is 7.46. The zero-order chi connectivity index (χ0) is 33.7. The van der Waals surface area contributed by atoms with Gasteiger partial charge in [0, 0.05) is 11.8 Å². The maximum absolute atomic E-state index is 12.5. The van der Waals surface area contributed by atoms with Crippen molar-refractivity contribution in [2.24, 2.45) is 7.05 Å². The van der Waals surface area contributed by atoms with Crippen LogP contribution in [0.2, 0.25) is 0 Å². The summed E-state index contributed by atoms with van der Waals surface area (Å²) < 4.78 is 10.8. The molecule has 0 radical (unpaired) electrons. The molecule has 0 unspecified atom stereocenters. The third kappa shape index (κ3) is 5.19. The monoisotopic (exact) mass is 873 g/mol. The first-order chi connectivity index (χ1) is 24.6. The van der Waals surface area contributed by atoms with Crippen molar-refractivity contribution < 1.29 is 35.2 Å². The van der Waals surface area contributed by atoms with E-state index in [9.17, 15) is 4.80 Å². The summed E-state index contributed by atoms with van der Waals surface area (Å²) >= 11 is 0. The largest absolute Gasteiger partial charge is 2.00 e. The van der Waals surface area contributed by atoms with Crippen LogP contribution in [-0.4, -0.2) is 30.7 Å². The van der Waals surface area contributed by atoms with E-state index in [0.717, 1.165) is 27.1 Å². The number of imidazole rings is 1. The van der Waals surface area contributed by atoms with Crippen LogP contribution in [0.1, 0.15) is 0 Å². The molecule has 3 heterocycles. The minimum atomic E-state index is -3.42. The number of aromatic nitrogens is 3. The second kappa shape index (κ2) is 13.2. The fourth-order valence-electron chi connectivity index (χ4n) is 7.67. The molecule has 5 nitrogen and oxygen atoms in total. The molecular formula is C43H32N3O2PtSi2+. The molecule has 0 fully saturated rings. The molecule has 8 aromatic rings. The van der Waals surface area contributed by atoms with Crippen molar-refractivity contribution in [1.82, 2.24) is 9.55 Å². The van der Waals surface area contributed by atoms with Crippen molar-refractivity contribution >= 4 is 63.9 Å². The van der Waals surface area contributed by atoms with Crippen molar-refractivity contribution in [3.63, 3.8) is 0 Å². The number of rotatable bonds is 7. The van der Waals surface area contributed by atoms with Gasteiger partial charge in [0.05, 0.1) is 23.4 Å². The number of nitrogens with zero attached hydrogens (tertiary/aromatic N) is 3. The van der Waals surface area contributed by atoms with Crippen LogP contribution in [0.5, 0.6) is 11.6 Å². The van der Waals surface area contributed by atoms with Gasteiger partial charge in [0.2, 0.25) is 12.2 Å². The molecule has 6 aromatic carbocycles.